The molecule has 0 amide bonds. The van der Waals surface area contributed by atoms with E-state index in [0.717, 1.165) is 39.7 Å². The van der Waals surface area contributed by atoms with E-state index in [2.05, 4.69) is 213 Å². The highest BCUT2D eigenvalue weighted by Crippen LogP contribution is 2.64. The average molecular weight is 941 g/mol. The molecule has 0 fully saturated rings. The molecule has 72 heavy (non-hydrogen) atoms. The van der Waals surface area contributed by atoms with Crippen LogP contribution in [0.5, 0.6) is 11.5 Å². The molecule has 2 nitrogen and oxygen atoms in total. The topological polar surface area (TPSA) is 18.5 Å². The zero-order chi connectivity index (χ0) is 47.7. The van der Waals surface area contributed by atoms with Crippen LogP contribution in [0.15, 0.2) is 182 Å². The lowest BCUT2D eigenvalue weighted by Gasteiger charge is -2.48. The highest BCUT2D eigenvalue weighted by Gasteiger charge is 2.50. The van der Waals surface area contributed by atoms with Crippen molar-refractivity contribution in [1.29, 1.82) is 0 Å². The van der Waals surface area contributed by atoms with Crippen LogP contribution < -0.4 is 9.47 Å². The Balaban J connectivity index is 0.921. The Morgan fingerprint density at radius 2 is 0.917 bits per heavy atom. The van der Waals surface area contributed by atoms with E-state index in [1.54, 1.807) is 11.3 Å². The summed E-state index contributed by atoms with van der Waals surface area (Å²) in [6.07, 6.45) is 1.61. The molecular formula is C69H48O2S. The molecular weight excluding hydrogens is 893 g/mol. The van der Waals surface area contributed by atoms with E-state index in [0.29, 0.717) is 13.2 Å². The predicted octanol–water partition coefficient (Wildman–Crippen LogP) is 15.4. The van der Waals surface area contributed by atoms with Gasteiger partial charge in [0.25, 0.3) is 0 Å². The van der Waals surface area contributed by atoms with Crippen LogP contribution in [-0.2, 0) is 12.8 Å². The Kier molecular flexibility index (Phi) is 9.24. The summed E-state index contributed by atoms with van der Waals surface area (Å²) in [5, 5.41) is 5.02. The van der Waals surface area contributed by atoms with E-state index >= 15 is 0 Å². The zero-order valence-corrected chi connectivity index (χ0v) is 41.0. The molecule has 6 aliphatic carbocycles. The van der Waals surface area contributed by atoms with Gasteiger partial charge in [-0.3, -0.25) is 0 Å². The molecule has 1 unspecified atom stereocenters. The Morgan fingerprint density at radius 3 is 1.46 bits per heavy atom. The van der Waals surface area contributed by atoms with Crippen LogP contribution in [0.25, 0.3) is 21.5 Å². The highest BCUT2D eigenvalue weighted by atomic mass is 32.1. The maximum atomic E-state index is 7.27. The second-order valence-corrected chi connectivity index (χ2v) is 21.9. The molecule has 0 radical (unpaired) electrons. The minimum Gasteiger partial charge on any atom is -0.488 e. The van der Waals surface area contributed by atoms with E-state index < -0.39 is 0 Å². The Morgan fingerprint density at radius 1 is 0.458 bits per heavy atom. The molecule has 0 spiro atoms. The second kappa shape index (κ2) is 16.0. The van der Waals surface area contributed by atoms with Gasteiger partial charge in [0.1, 0.15) is 4.88 Å². The first-order valence-corrected chi connectivity index (χ1v) is 26.2. The Bertz CT molecular complexity index is 3860. The molecule has 1 atom stereocenters. The van der Waals surface area contributed by atoms with Gasteiger partial charge in [0.05, 0.1) is 13.2 Å². The summed E-state index contributed by atoms with van der Waals surface area (Å²) in [4.78, 5) is 2.00. The third-order valence-corrected chi connectivity index (χ3v) is 17.7. The lowest BCUT2D eigenvalue weighted by molar-refractivity contribution is 0.103. The molecule has 0 N–H and O–H groups in total. The van der Waals surface area contributed by atoms with Gasteiger partial charge in [-0.1, -0.05) is 194 Å². The van der Waals surface area contributed by atoms with E-state index in [4.69, 9.17) is 9.47 Å². The molecule has 4 bridgehead atoms. The number of hydrogen-bond acceptors (Lipinski definition) is 3. The number of ether oxygens (including phenoxy) is 2. The Labute approximate surface area is 425 Å². The van der Waals surface area contributed by atoms with E-state index in [1.165, 1.54) is 105 Å². The maximum Gasteiger partial charge on any atom is 0.188 e. The molecule has 342 valence electrons. The number of benzene rings is 9. The molecule has 0 saturated heterocycles. The monoisotopic (exact) mass is 940 g/mol. The van der Waals surface area contributed by atoms with Gasteiger partial charge in [0.15, 0.2) is 11.5 Å². The molecule has 1 aromatic heterocycles. The van der Waals surface area contributed by atoms with Crippen molar-refractivity contribution in [1.82, 2.24) is 0 Å². The van der Waals surface area contributed by atoms with Crippen molar-refractivity contribution < 1.29 is 9.47 Å². The number of rotatable bonds is 4. The first-order chi connectivity index (χ1) is 35.6. The van der Waals surface area contributed by atoms with Crippen LogP contribution in [0.3, 0.4) is 0 Å². The van der Waals surface area contributed by atoms with Gasteiger partial charge in [-0.05, 0) is 132 Å². The first kappa shape index (κ1) is 41.7. The smallest absolute Gasteiger partial charge is 0.188 e. The van der Waals surface area contributed by atoms with Gasteiger partial charge < -0.3 is 9.47 Å². The summed E-state index contributed by atoms with van der Waals surface area (Å²) < 4.78 is 14.4. The van der Waals surface area contributed by atoms with Crippen LogP contribution in [0, 0.1) is 36.0 Å². The van der Waals surface area contributed by atoms with Crippen LogP contribution >= 0.6 is 11.3 Å². The molecule has 2 heterocycles. The summed E-state index contributed by atoms with van der Waals surface area (Å²) >= 11 is 1.70. The summed E-state index contributed by atoms with van der Waals surface area (Å²) in [6, 6.07) is 67.6. The van der Waals surface area contributed by atoms with E-state index in [-0.39, 0.29) is 29.1 Å². The minimum absolute atomic E-state index is 0.0157. The van der Waals surface area contributed by atoms with Gasteiger partial charge in [-0.2, -0.15) is 0 Å². The highest BCUT2D eigenvalue weighted by molar-refractivity contribution is 7.13. The van der Waals surface area contributed by atoms with Gasteiger partial charge >= 0.3 is 0 Å². The summed E-state index contributed by atoms with van der Waals surface area (Å²) in [5.41, 5.74) is 20.9. The largest absolute Gasteiger partial charge is 0.488 e. The molecule has 17 rings (SSSR count). The van der Waals surface area contributed by atoms with Gasteiger partial charge in [-0.15, -0.1) is 17.3 Å². The van der Waals surface area contributed by atoms with Gasteiger partial charge in [0, 0.05) is 45.1 Å². The van der Waals surface area contributed by atoms with Crippen LogP contribution in [-0.4, -0.2) is 13.2 Å². The van der Waals surface area contributed by atoms with Crippen molar-refractivity contribution in [3.63, 3.8) is 0 Å². The molecule has 9 aromatic carbocycles. The fourth-order valence-electron chi connectivity index (χ4n) is 13.9. The lowest BCUT2D eigenvalue weighted by atomic mass is 9.53. The number of fused-ring (bicyclic) bond motifs is 3. The maximum absolute atomic E-state index is 7.27. The summed E-state index contributed by atoms with van der Waals surface area (Å²) in [6.45, 7) is 5.18. The van der Waals surface area contributed by atoms with E-state index in [9.17, 15) is 0 Å². The fraction of sp³-hybridized carbons (Fsp3) is 0.159. The first-order valence-electron chi connectivity index (χ1n) is 25.4. The average Bonchev–Trinajstić information content (AvgIpc) is 3.61. The number of aryl methyl sites for hydroxylation is 1. The quantitative estimate of drug-likeness (QED) is 0.164. The van der Waals surface area contributed by atoms with Crippen molar-refractivity contribution >= 4 is 32.9 Å². The summed E-state index contributed by atoms with van der Waals surface area (Å²) in [7, 11) is 0. The van der Waals surface area contributed by atoms with Gasteiger partial charge in [0.2, 0.25) is 0 Å². The molecule has 10 aromatic rings. The molecule has 3 heteroatoms. The molecule has 7 aliphatic rings. The molecule has 0 saturated carbocycles. The minimum atomic E-state index is -0.366. The van der Waals surface area contributed by atoms with Crippen molar-refractivity contribution in [2.75, 3.05) is 13.2 Å². The third-order valence-electron chi connectivity index (χ3n) is 16.7. The van der Waals surface area contributed by atoms with Crippen molar-refractivity contribution in [2.45, 2.75) is 50.4 Å². The van der Waals surface area contributed by atoms with Crippen LogP contribution in [0.2, 0.25) is 0 Å². The third kappa shape index (κ3) is 6.05. The van der Waals surface area contributed by atoms with Crippen molar-refractivity contribution in [2.24, 2.45) is 5.41 Å². The van der Waals surface area contributed by atoms with Crippen molar-refractivity contribution in [3.05, 3.63) is 281 Å². The standard InChI is InChI=1S/C69H48O2S/c1-3-17-56-63-59-48-24-8-12-28-52(48)61(53-29-13-9-25-49(53)59)65(63)57(66-62-54-30-14-10-26-50(54)60(64(56)66)51-27-11-15-31-55(51)62)34-35-58-68-67(41(2)72-58)70-39-69(40-71-68,37-42-32-33-43-18-4-5-20-45(43)36-42)38-46-22-16-21-44-19-6-7-23-47(44)46/h4-16,18-33,36,59-62H,37-40H2,1-2H3. The summed E-state index contributed by atoms with van der Waals surface area (Å²) in [5.74, 6) is 17.0. The number of hydrogen-bond donors (Lipinski definition) is 0. The predicted molar refractivity (Wildman–Crippen MR) is 292 cm³/mol. The lowest BCUT2D eigenvalue weighted by Crippen LogP contribution is -2.38. The zero-order valence-electron chi connectivity index (χ0n) is 40.2. The molecule has 1 aliphatic heterocycles. The van der Waals surface area contributed by atoms with E-state index in [1.807, 2.05) is 6.92 Å². The normalized spacial score (nSPS) is 19.9. The van der Waals surface area contributed by atoms with Gasteiger partial charge in [-0.25, -0.2) is 0 Å². The Hall–Kier alpha value is -8.08. The SMILES string of the molecule is CC#Cc1c2c(c(C#Cc3sc(C)c4c3OCC(Cc3ccc5ccccc5c3)(Cc3cccc5ccccc35)CO4)c3c1C1c4ccccc4C3c3ccccc31)C1c3ccccc3C2c2ccccc21. The van der Waals surface area contributed by atoms with Crippen LogP contribution in [0.4, 0.5) is 0 Å². The number of thiophene rings is 1. The van der Waals surface area contributed by atoms with Crippen molar-refractivity contribution in [3.8, 4) is 35.2 Å². The van der Waals surface area contributed by atoms with Crippen LogP contribution in [0.1, 0.15) is 129 Å². The second-order valence-electron chi connectivity index (χ2n) is 20.7. The fourth-order valence-corrected chi connectivity index (χ4v) is 14.8.